The van der Waals surface area contributed by atoms with Gasteiger partial charge in [0.1, 0.15) is 17.4 Å². The van der Waals surface area contributed by atoms with E-state index in [1.807, 2.05) is 12.1 Å². The second kappa shape index (κ2) is 16.9. The molecule has 0 N–H and O–H groups in total. The van der Waals surface area contributed by atoms with Crippen molar-refractivity contribution >= 4 is 57.6 Å². The minimum Gasteiger partial charge on any atom is -0.381 e. The molecule has 0 unspecified atom stereocenters. The number of benzene rings is 2. The van der Waals surface area contributed by atoms with Crippen LogP contribution in [0.4, 0.5) is 0 Å². The van der Waals surface area contributed by atoms with E-state index in [9.17, 15) is 21.6 Å². The van der Waals surface area contributed by atoms with Gasteiger partial charge in [-0.3, -0.25) is 4.79 Å². The fourth-order valence-electron chi connectivity index (χ4n) is 8.43. The highest BCUT2D eigenvalue weighted by atomic mass is 35.7. The number of halogens is 1. The number of hydrogen-bond acceptors (Lipinski definition) is 9. The minimum absolute atomic E-state index is 0.0906. The van der Waals surface area contributed by atoms with Crippen LogP contribution in [-0.2, 0) is 57.3 Å². The first-order valence-electron chi connectivity index (χ1n) is 20.9. The molecule has 8 rings (SSSR count). The van der Waals surface area contributed by atoms with Crippen LogP contribution in [0.2, 0.25) is 0 Å². The molecule has 0 radical (unpaired) electrons. The second-order valence-electron chi connectivity index (χ2n) is 18.9. The maximum Gasteiger partial charge on any atom is 0.261 e. The molecule has 4 aliphatic rings. The highest BCUT2D eigenvalue weighted by Gasteiger charge is 2.38. The van der Waals surface area contributed by atoms with Crippen LogP contribution < -0.4 is 0 Å². The number of carbonyl (C=O) groups is 1. The second-order valence-corrected chi connectivity index (χ2v) is 23.4. The summed E-state index contributed by atoms with van der Waals surface area (Å²) >= 11 is 0. The SMILES string of the molecule is CC(C)(C)c1nc2cc(S(=O)(=O)Cl)ccc2n1CC1CCOCC1.CC(C)(C)c1nc2cc(S(=O)(=O)N3CC(CCC(=O)C4CC4)C3)ccc2n1CC1CCOCC1. The Morgan fingerprint density at radius 2 is 1.14 bits per heavy atom. The largest absolute Gasteiger partial charge is 0.381 e. The molecule has 1 saturated carbocycles. The van der Waals surface area contributed by atoms with Crippen molar-refractivity contribution in [3.8, 4) is 0 Å². The van der Waals surface area contributed by atoms with Crippen LogP contribution in [0, 0.1) is 23.7 Å². The Bertz CT molecular complexity index is 2340. The third-order valence-electron chi connectivity index (χ3n) is 12.0. The summed E-state index contributed by atoms with van der Waals surface area (Å²) in [5.74, 6) is 3.98. The first-order chi connectivity index (χ1) is 27.3. The molecule has 2 aromatic heterocycles. The third kappa shape index (κ3) is 9.84. The van der Waals surface area contributed by atoms with E-state index in [1.54, 1.807) is 28.6 Å². The third-order valence-corrected chi connectivity index (χ3v) is 15.2. The summed E-state index contributed by atoms with van der Waals surface area (Å²) in [6.45, 7) is 18.8. The molecule has 58 heavy (non-hydrogen) atoms. The van der Waals surface area contributed by atoms with Gasteiger partial charge in [0.15, 0.2) is 0 Å². The summed E-state index contributed by atoms with van der Waals surface area (Å²) in [5, 5.41) is 0. The van der Waals surface area contributed by atoms with E-state index in [2.05, 4.69) is 50.7 Å². The van der Waals surface area contributed by atoms with Gasteiger partial charge >= 0.3 is 0 Å². The number of nitrogens with zero attached hydrogens (tertiary/aromatic N) is 5. The van der Waals surface area contributed by atoms with Crippen LogP contribution in [0.3, 0.4) is 0 Å². The zero-order valence-corrected chi connectivity index (χ0v) is 37.3. The fraction of sp³-hybridized carbons (Fsp3) is 0.651. The standard InChI is InChI=1S/C26H37N3O4S.C17H23ClN2O3S/c1-26(2,3)25-27-22-14-21(7-8-23(22)29(25)17-18-10-12-33-13-11-18)34(31,32)28-15-19(16-28)4-9-24(30)20-5-6-20;1-17(2,3)16-19-14-10-13(24(18,21)22)4-5-15(14)20(16)11-12-6-8-23-9-7-12/h7-8,14,18-20H,4-6,9-13,15-17H2,1-3H3;4-5,10,12H,6-9,11H2,1-3H3. The Balaban J connectivity index is 0.000000188. The topological polar surface area (TPSA) is 143 Å². The lowest BCUT2D eigenvalue weighted by molar-refractivity contribution is -0.120. The van der Waals surface area contributed by atoms with Gasteiger partial charge in [0.2, 0.25) is 10.0 Å². The Labute approximate surface area is 348 Å². The molecule has 0 amide bonds. The number of aromatic nitrogens is 4. The van der Waals surface area contributed by atoms with Crippen LogP contribution in [0.5, 0.6) is 0 Å². The summed E-state index contributed by atoms with van der Waals surface area (Å²) in [5.41, 5.74) is 3.08. The van der Waals surface area contributed by atoms with Gasteiger partial charge in [-0.25, -0.2) is 26.8 Å². The molecule has 15 heteroatoms. The number of sulfonamides is 1. The summed E-state index contributed by atoms with van der Waals surface area (Å²) in [6.07, 6.45) is 7.62. The molecule has 3 saturated heterocycles. The van der Waals surface area contributed by atoms with Gasteiger partial charge in [-0.1, -0.05) is 41.5 Å². The number of carbonyl (C=O) groups excluding carboxylic acids is 1. The average Bonchev–Trinajstić information content (AvgIpc) is 3.84. The maximum absolute atomic E-state index is 13.3. The zero-order valence-electron chi connectivity index (χ0n) is 34.9. The summed E-state index contributed by atoms with van der Waals surface area (Å²) in [4.78, 5) is 22.0. The summed E-state index contributed by atoms with van der Waals surface area (Å²) < 4.78 is 66.8. The maximum atomic E-state index is 13.3. The van der Waals surface area contributed by atoms with Gasteiger partial charge in [0.25, 0.3) is 9.05 Å². The number of hydrogen-bond donors (Lipinski definition) is 0. The number of Topliss-reactive ketones (excluding diaryl/α,β-unsaturated/α-hetero) is 1. The molecule has 12 nitrogen and oxygen atoms in total. The molecule has 5 heterocycles. The van der Waals surface area contributed by atoms with Crippen molar-refractivity contribution in [1.29, 1.82) is 0 Å². The lowest BCUT2D eigenvalue weighted by Crippen LogP contribution is -2.49. The van der Waals surface area contributed by atoms with Crippen LogP contribution in [0.15, 0.2) is 46.2 Å². The molecule has 4 aromatic rings. The number of rotatable bonds is 11. The number of fused-ring (bicyclic) bond motifs is 2. The van der Waals surface area contributed by atoms with E-state index in [0.29, 0.717) is 47.5 Å². The van der Waals surface area contributed by atoms with Crippen LogP contribution >= 0.6 is 10.7 Å². The molecule has 4 fully saturated rings. The van der Waals surface area contributed by atoms with Crippen molar-refractivity contribution in [1.82, 2.24) is 23.4 Å². The van der Waals surface area contributed by atoms with Crippen molar-refractivity contribution in [2.24, 2.45) is 23.7 Å². The Hall–Kier alpha value is -2.88. The molecular weight excluding hydrogens is 798 g/mol. The van der Waals surface area contributed by atoms with Crippen molar-refractivity contribution in [2.75, 3.05) is 39.5 Å². The lowest BCUT2D eigenvalue weighted by atomic mass is 9.94. The predicted octanol–water partition coefficient (Wildman–Crippen LogP) is 7.83. The van der Waals surface area contributed by atoms with E-state index < -0.39 is 19.1 Å². The van der Waals surface area contributed by atoms with Gasteiger partial charge in [-0.2, -0.15) is 4.31 Å². The first-order valence-corrected chi connectivity index (χ1v) is 24.7. The molecule has 318 valence electrons. The molecule has 2 aromatic carbocycles. The molecule has 0 atom stereocenters. The lowest BCUT2D eigenvalue weighted by Gasteiger charge is -2.38. The van der Waals surface area contributed by atoms with E-state index >= 15 is 0 Å². The van der Waals surface area contributed by atoms with Gasteiger partial charge in [0.05, 0.1) is 31.9 Å². The van der Waals surface area contributed by atoms with Gasteiger partial charge < -0.3 is 18.6 Å². The van der Waals surface area contributed by atoms with Crippen LogP contribution in [0.1, 0.15) is 105 Å². The molecule has 0 spiro atoms. The van der Waals surface area contributed by atoms with E-state index in [0.717, 1.165) is 113 Å². The fourth-order valence-corrected chi connectivity index (χ4v) is 10.8. The zero-order chi connectivity index (χ0) is 41.6. The smallest absolute Gasteiger partial charge is 0.261 e. The van der Waals surface area contributed by atoms with Gasteiger partial charge in [-0.05, 0) is 99.1 Å². The van der Waals surface area contributed by atoms with E-state index in [1.165, 1.54) is 0 Å². The first kappa shape index (κ1) is 43.2. The molecule has 0 bridgehead atoms. The number of ether oxygens (including phenoxy) is 2. The highest BCUT2D eigenvalue weighted by Crippen LogP contribution is 2.36. The predicted molar refractivity (Wildman–Crippen MR) is 226 cm³/mol. The number of imidazole rings is 2. The van der Waals surface area contributed by atoms with Crippen LogP contribution in [-0.4, -0.2) is 85.5 Å². The monoisotopic (exact) mass is 857 g/mol. The Morgan fingerprint density at radius 1 is 0.690 bits per heavy atom. The average molecular weight is 859 g/mol. The van der Waals surface area contributed by atoms with Crippen molar-refractivity contribution in [3.05, 3.63) is 48.0 Å². The van der Waals surface area contributed by atoms with Crippen molar-refractivity contribution in [2.45, 2.75) is 127 Å². The van der Waals surface area contributed by atoms with Crippen molar-refractivity contribution < 1.29 is 31.1 Å². The molecule has 3 aliphatic heterocycles. The van der Waals surface area contributed by atoms with E-state index in [4.69, 9.17) is 30.1 Å². The van der Waals surface area contributed by atoms with Gasteiger partial charge in [-0.15, -0.1) is 0 Å². The van der Waals surface area contributed by atoms with Gasteiger partial charge in [0, 0.05) is 86.5 Å². The highest BCUT2D eigenvalue weighted by molar-refractivity contribution is 8.13. The van der Waals surface area contributed by atoms with Crippen molar-refractivity contribution in [3.63, 3.8) is 0 Å². The minimum atomic E-state index is -3.75. The quantitative estimate of drug-likeness (QED) is 0.138. The van der Waals surface area contributed by atoms with E-state index in [-0.39, 0.29) is 27.6 Å². The molecular formula is C43H60ClN5O7S2. The number of ketones is 1. The summed E-state index contributed by atoms with van der Waals surface area (Å²) in [6, 6.07) is 10.3. The molecule has 1 aliphatic carbocycles. The summed E-state index contributed by atoms with van der Waals surface area (Å²) in [7, 11) is -1.83. The normalized spacial score (nSPS) is 19.6. The van der Waals surface area contributed by atoms with Crippen LogP contribution in [0.25, 0.3) is 22.1 Å². The Morgan fingerprint density at radius 3 is 1.57 bits per heavy atom. The Kier molecular flexibility index (Phi) is 12.6.